The molecule has 1 heteroatoms. The SMILES string of the molecule is c1cccc(-c2cccc(-c3ccccc3)c2-c2sc(-c3ccccc3)c3c2CCC=C3)c#1. The molecular weight excluding hydrogens is 416 g/mol. The normalized spacial score (nSPS) is 12.2. The van der Waals surface area contributed by atoms with Crippen LogP contribution in [-0.4, -0.2) is 0 Å². The van der Waals surface area contributed by atoms with Gasteiger partial charge in [-0.25, -0.2) is 0 Å². The van der Waals surface area contributed by atoms with Crippen LogP contribution in [-0.2, 0) is 6.42 Å². The summed E-state index contributed by atoms with van der Waals surface area (Å²) in [5.41, 5.74) is 10.2. The van der Waals surface area contributed by atoms with Gasteiger partial charge in [0.25, 0.3) is 0 Å². The van der Waals surface area contributed by atoms with Crippen LogP contribution in [0.25, 0.3) is 49.2 Å². The van der Waals surface area contributed by atoms with Crippen molar-refractivity contribution in [2.75, 3.05) is 0 Å². The van der Waals surface area contributed by atoms with Crippen LogP contribution >= 0.6 is 11.3 Å². The predicted octanol–water partition coefficient (Wildman–Crippen LogP) is 8.98. The van der Waals surface area contributed by atoms with Crippen LogP contribution in [0.5, 0.6) is 0 Å². The van der Waals surface area contributed by atoms with Gasteiger partial charge in [-0.15, -0.1) is 11.3 Å². The van der Waals surface area contributed by atoms with Gasteiger partial charge in [-0.2, -0.15) is 0 Å². The Morgan fingerprint density at radius 2 is 1.42 bits per heavy atom. The number of fused-ring (bicyclic) bond motifs is 1. The van der Waals surface area contributed by atoms with E-state index in [1.54, 1.807) is 0 Å². The van der Waals surface area contributed by atoms with Gasteiger partial charge in [0.1, 0.15) is 0 Å². The first-order valence-corrected chi connectivity index (χ1v) is 12.2. The third-order valence-electron chi connectivity index (χ3n) is 6.25. The molecule has 1 aliphatic carbocycles. The van der Waals surface area contributed by atoms with Crippen molar-refractivity contribution in [3.63, 3.8) is 0 Å². The third-order valence-corrected chi connectivity index (χ3v) is 7.56. The highest BCUT2D eigenvalue weighted by Crippen LogP contribution is 2.50. The first-order chi connectivity index (χ1) is 16.4. The Kier molecular flexibility index (Phi) is 5.15. The maximum absolute atomic E-state index is 3.36. The molecule has 5 aromatic rings. The number of hydrogen-bond acceptors (Lipinski definition) is 1. The van der Waals surface area contributed by atoms with Crippen molar-refractivity contribution in [3.8, 4) is 43.1 Å². The minimum atomic E-state index is 1.07. The maximum Gasteiger partial charge on any atom is 0.0424 e. The third kappa shape index (κ3) is 3.59. The fraction of sp³-hybridized carbons (Fsp3) is 0.0625. The monoisotopic (exact) mass is 438 g/mol. The highest BCUT2D eigenvalue weighted by molar-refractivity contribution is 7.19. The summed E-state index contributed by atoms with van der Waals surface area (Å²) in [7, 11) is 0. The molecule has 0 atom stereocenters. The number of allylic oxidation sites excluding steroid dienone is 1. The Hall–Kier alpha value is -3.86. The van der Waals surface area contributed by atoms with Gasteiger partial charge in [-0.3, -0.25) is 0 Å². The Morgan fingerprint density at radius 1 is 0.667 bits per heavy atom. The van der Waals surface area contributed by atoms with E-state index < -0.39 is 0 Å². The summed E-state index contributed by atoms with van der Waals surface area (Å²) < 4.78 is 0. The van der Waals surface area contributed by atoms with Gasteiger partial charge in [0.2, 0.25) is 0 Å². The number of rotatable bonds is 4. The Labute approximate surface area is 199 Å². The van der Waals surface area contributed by atoms with Gasteiger partial charge in [0, 0.05) is 20.9 Å². The molecule has 0 amide bonds. The van der Waals surface area contributed by atoms with Crippen LogP contribution in [0.15, 0.2) is 103 Å². The average molecular weight is 439 g/mol. The zero-order chi connectivity index (χ0) is 22.0. The summed E-state index contributed by atoms with van der Waals surface area (Å²) in [4.78, 5) is 2.73. The summed E-state index contributed by atoms with van der Waals surface area (Å²) in [6.45, 7) is 0. The number of benzene rings is 3. The van der Waals surface area contributed by atoms with Crippen molar-refractivity contribution in [1.82, 2.24) is 0 Å². The van der Waals surface area contributed by atoms with E-state index in [2.05, 4.69) is 109 Å². The molecule has 0 N–H and O–H groups in total. The molecule has 6 rings (SSSR count). The van der Waals surface area contributed by atoms with Crippen LogP contribution in [0.4, 0.5) is 0 Å². The topological polar surface area (TPSA) is 0 Å². The second-order valence-electron chi connectivity index (χ2n) is 8.26. The minimum absolute atomic E-state index is 1.07. The predicted molar refractivity (Wildman–Crippen MR) is 141 cm³/mol. The molecule has 0 radical (unpaired) electrons. The fourth-order valence-corrected chi connectivity index (χ4v) is 6.14. The highest BCUT2D eigenvalue weighted by Gasteiger charge is 2.24. The van der Waals surface area contributed by atoms with Gasteiger partial charge in [0.05, 0.1) is 0 Å². The Morgan fingerprint density at radius 3 is 2.18 bits per heavy atom. The van der Waals surface area contributed by atoms with E-state index in [9.17, 15) is 0 Å². The molecule has 0 aliphatic heterocycles. The summed E-state index contributed by atoms with van der Waals surface area (Å²) >= 11 is 1.92. The van der Waals surface area contributed by atoms with E-state index >= 15 is 0 Å². The quantitative estimate of drug-likeness (QED) is 0.263. The molecule has 0 spiro atoms. The second-order valence-corrected chi connectivity index (χ2v) is 9.28. The highest BCUT2D eigenvalue weighted by atomic mass is 32.1. The van der Waals surface area contributed by atoms with Gasteiger partial charge >= 0.3 is 0 Å². The molecule has 156 valence electrons. The first kappa shape index (κ1) is 19.8. The van der Waals surface area contributed by atoms with Crippen molar-refractivity contribution < 1.29 is 0 Å². The molecule has 0 unspecified atom stereocenters. The molecule has 0 bridgehead atoms. The van der Waals surface area contributed by atoms with Crippen molar-refractivity contribution in [1.29, 1.82) is 0 Å². The largest absolute Gasteiger partial charge is 0.134 e. The smallest absolute Gasteiger partial charge is 0.0424 e. The molecular formula is C32H22S. The molecule has 33 heavy (non-hydrogen) atoms. The summed E-state index contributed by atoms with van der Waals surface area (Å²) in [5.74, 6) is 0. The molecule has 1 aliphatic rings. The van der Waals surface area contributed by atoms with Gasteiger partial charge in [-0.05, 0) is 58.4 Å². The summed E-state index contributed by atoms with van der Waals surface area (Å²) in [5, 5.41) is 0. The molecule has 1 heterocycles. The fourth-order valence-electron chi connectivity index (χ4n) is 4.73. The van der Waals surface area contributed by atoms with E-state index in [1.165, 1.54) is 48.7 Å². The van der Waals surface area contributed by atoms with Gasteiger partial charge in [-0.1, -0.05) is 109 Å². The van der Waals surface area contributed by atoms with Crippen molar-refractivity contribution >= 4 is 17.4 Å². The van der Waals surface area contributed by atoms with Crippen molar-refractivity contribution in [2.24, 2.45) is 0 Å². The molecule has 4 aromatic carbocycles. The lowest BCUT2D eigenvalue weighted by atomic mass is 9.87. The Balaban J connectivity index is 1.68. The lowest BCUT2D eigenvalue weighted by Gasteiger charge is -2.17. The average Bonchev–Trinajstić information content (AvgIpc) is 3.29. The lowest BCUT2D eigenvalue weighted by molar-refractivity contribution is 0.996. The molecule has 0 saturated heterocycles. The second kappa shape index (κ2) is 8.58. The zero-order valence-corrected chi connectivity index (χ0v) is 19.0. The zero-order valence-electron chi connectivity index (χ0n) is 18.2. The van der Waals surface area contributed by atoms with Crippen LogP contribution in [0.1, 0.15) is 17.5 Å². The van der Waals surface area contributed by atoms with E-state index in [0.29, 0.717) is 0 Å². The standard InChI is InChI=1S/C32H22S/c1-4-13-23(14-5-1)26-21-12-22-27(24-15-6-2-7-16-24)30(26)32-29-20-11-10-19-28(29)31(33-32)25-17-8-3-9-18-25/h1-6,8-10,12-15,17-19,21-22H,11,20H2. The van der Waals surface area contributed by atoms with Crippen LogP contribution in [0.3, 0.4) is 0 Å². The number of hydrogen-bond donors (Lipinski definition) is 0. The Bertz CT molecular complexity index is 1370. The van der Waals surface area contributed by atoms with Crippen molar-refractivity contribution in [3.05, 3.63) is 126 Å². The van der Waals surface area contributed by atoms with E-state index in [-0.39, 0.29) is 0 Å². The van der Waals surface area contributed by atoms with Gasteiger partial charge < -0.3 is 0 Å². The van der Waals surface area contributed by atoms with E-state index in [4.69, 9.17) is 0 Å². The number of thiophene rings is 1. The molecule has 1 aromatic heterocycles. The molecule has 0 nitrogen and oxygen atoms in total. The van der Waals surface area contributed by atoms with Crippen LogP contribution in [0.2, 0.25) is 0 Å². The van der Waals surface area contributed by atoms with Crippen LogP contribution in [0, 0.1) is 12.1 Å². The maximum atomic E-state index is 3.36. The van der Waals surface area contributed by atoms with Crippen LogP contribution < -0.4 is 0 Å². The summed E-state index contributed by atoms with van der Waals surface area (Å²) in [6, 6.07) is 40.8. The van der Waals surface area contributed by atoms with E-state index in [1.807, 2.05) is 23.5 Å². The minimum Gasteiger partial charge on any atom is -0.134 e. The first-order valence-electron chi connectivity index (χ1n) is 11.4. The lowest BCUT2D eigenvalue weighted by Crippen LogP contribution is -1.95. The van der Waals surface area contributed by atoms with Crippen molar-refractivity contribution in [2.45, 2.75) is 12.8 Å². The van der Waals surface area contributed by atoms with E-state index in [0.717, 1.165) is 18.4 Å². The summed E-state index contributed by atoms with van der Waals surface area (Å²) in [6.07, 6.45) is 6.79. The van der Waals surface area contributed by atoms with Gasteiger partial charge in [0.15, 0.2) is 0 Å². The molecule has 0 saturated carbocycles. The molecule has 0 fully saturated rings.